The van der Waals surface area contributed by atoms with Crippen LogP contribution in [0.2, 0.25) is 0 Å². The zero-order valence-electron chi connectivity index (χ0n) is 7.94. The van der Waals surface area contributed by atoms with Crippen LogP contribution in [0.5, 0.6) is 0 Å². The summed E-state index contributed by atoms with van der Waals surface area (Å²) in [5.74, 6) is -0.926. The van der Waals surface area contributed by atoms with Crippen molar-refractivity contribution in [2.75, 3.05) is 12.8 Å². The summed E-state index contributed by atoms with van der Waals surface area (Å²) in [7, 11) is -4.43. The number of ether oxygens (including phenoxy) is 1. The Morgan fingerprint density at radius 1 is 1.50 bits per heavy atom. The van der Waals surface area contributed by atoms with Gasteiger partial charge in [-0.25, -0.2) is 0 Å². The first-order chi connectivity index (χ1) is 6.52. The normalized spacial score (nSPS) is 14.8. The summed E-state index contributed by atoms with van der Waals surface area (Å²) >= 11 is 0. The molecule has 0 aliphatic heterocycles. The van der Waals surface area contributed by atoms with E-state index in [2.05, 4.69) is 9.47 Å². The molecule has 1 atom stereocenters. The van der Waals surface area contributed by atoms with Crippen LogP contribution in [-0.4, -0.2) is 23.6 Å². The predicted molar refractivity (Wildman–Crippen MR) is 47.4 cm³/mol. The smallest absolute Gasteiger partial charge is 0.372 e. The molecule has 0 heterocycles. The second-order valence-electron chi connectivity index (χ2n) is 2.79. The molecule has 0 saturated heterocycles. The molecule has 84 valence electrons. The second-order valence-corrected chi connectivity index (χ2v) is 4.52. The van der Waals surface area contributed by atoms with Gasteiger partial charge in [-0.15, -0.1) is 4.73 Å². The molecule has 0 aliphatic rings. The first kappa shape index (κ1) is 13.5. The molecule has 1 N–H and O–H groups in total. The summed E-state index contributed by atoms with van der Waals surface area (Å²) in [6.07, 6.45) is 1.62. The highest BCUT2D eigenvalue weighted by Gasteiger charge is 2.25. The molecule has 0 aromatic heterocycles. The molecule has 0 aromatic carbocycles. The van der Waals surface area contributed by atoms with Gasteiger partial charge in [0.25, 0.3) is 0 Å². The number of hydrogen-bond donors (Lipinski definition) is 1. The van der Waals surface area contributed by atoms with Crippen molar-refractivity contribution in [3.8, 4) is 0 Å². The summed E-state index contributed by atoms with van der Waals surface area (Å²) in [4.78, 5) is 19.3. The average Bonchev–Trinajstić information content (AvgIpc) is 2.12. The molecule has 7 heteroatoms. The van der Waals surface area contributed by atoms with Crippen LogP contribution in [0, 0.1) is 0 Å². The minimum absolute atomic E-state index is 0.180. The molecule has 0 fully saturated rings. The van der Waals surface area contributed by atoms with Crippen molar-refractivity contribution in [3.05, 3.63) is 0 Å². The molecular formula is C7H14FO5P. The van der Waals surface area contributed by atoms with E-state index in [1.165, 1.54) is 0 Å². The van der Waals surface area contributed by atoms with Crippen molar-refractivity contribution < 1.29 is 28.2 Å². The van der Waals surface area contributed by atoms with E-state index < -0.39 is 19.7 Å². The van der Waals surface area contributed by atoms with Crippen LogP contribution in [0.15, 0.2) is 0 Å². The van der Waals surface area contributed by atoms with Gasteiger partial charge in [0, 0.05) is 0 Å². The van der Waals surface area contributed by atoms with E-state index in [4.69, 9.17) is 4.89 Å². The zero-order valence-corrected chi connectivity index (χ0v) is 8.84. The van der Waals surface area contributed by atoms with Crippen molar-refractivity contribution in [1.29, 1.82) is 0 Å². The Labute approximate surface area is 81.6 Å². The third-order valence-electron chi connectivity index (χ3n) is 1.45. The second kappa shape index (κ2) is 6.92. The molecule has 5 nitrogen and oxygen atoms in total. The Hall–Kier alpha value is -0.450. The summed E-state index contributed by atoms with van der Waals surface area (Å²) in [5.41, 5.74) is 0. The lowest BCUT2D eigenvalue weighted by atomic mass is 10.3. The fourth-order valence-corrected chi connectivity index (χ4v) is 1.24. The maximum Gasteiger partial charge on any atom is 0.372 e. The molecule has 0 bridgehead atoms. The third kappa shape index (κ3) is 7.00. The number of carbonyl (C=O) groups excluding carboxylic acids is 1. The van der Waals surface area contributed by atoms with Gasteiger partial charge in [-0.3, -0.25) is 9.36 Å². The molecule has 0 radical (unpaired) electrons. The van der Waals surface area contributed by atoms with Crippen LogP contribution in [0.25, 0.3) is 0 Å². The Kier molecular flexibility index (Phi) is 6.70. The van der Waals surface area contributed by atoms with Gasteiger partial charge in [-0.2, -0.15) is 0 Å². The quantitative estimate of drug-likeness (QED) is 0.408. The van der Waals surface area contributed by atoms with Gasteiger partial charge in [-0.05, 0) is 10.9 Å². The molecule has 0 aliphatic carbocycles. The number of carbonyl (C=O) groups is 1. The summed E-state index contributed by atoms with van der Waals surface area (Å²) < 4.78 is 29.2. The van der Waals surface area contributed by atoms with Crippen LogP contribution in [-0.2, 0) is 18.8 Å². The van der Waals surface area contributed by atoms with Gasteiger partial charge in [-0.1, -0.05) is 19.8 Å². The predicted octanol–water partition coefficient (Wildman–Crippen LogP) is 1.81. The Balaban J connectivity index is 3.61. The van der Waals surface area contributed by atoms with Crippen LogP contribution >= 0.6 is 7.60 Å². The third-order valence-corrected chi connectivity index (χ3v) is 2.32. The summed E-state index contributed by atoms with van der Waals surface area (Å²) in [5, 5.41) is 0. The molecule has 0 saturated carbocycles. The minimum atomic E-state index is -4.43. The first-order valence-corrected chi connectivity index (χ1v) is 6.06. The highest BCUT2D eigenvalue weighted by Crippen LogP contribution is 2.41. The van der Waals surface area contributed by atoms with Crippen molar-refractivity contribution in [1.82, 2.24) is 0 Å². The Bertz CT molecular complexity index is 220. The molecule has 1 unspecified atom stereocenters. The fraction of sp³-hybridized carbons (Fsp3) is 0.857. The highest BCUT2D eigenvalue weighted by molar-refractivity contribution is 7.53. The van der Waals surface area contributed by atoms with Gasteiger partial charge >= 0.3 is 13.6 Å². The lowest BCUT2D eigenvalue weighted by molar-refractivity contribution is -0.141. The topological polar surface area (TPSA) is 72.8 Å². The largest absolute Gasteiger partial charge is 0.465 e. The van der Waals surface area contributed by atoms with Crippen molar-refractivity contribution in [2.24, 2.45) is 0 Å². The van der Waals surface area contributed by atoms with Crippen LogP contribution in [0.4, 0.5) is 4.53 Å². The molecule has 14 heavy (non-hydrogen) atoms. The summed E-state index contributed by atoms with van der Waals surface area (Å²) in [6.45, 7) is 2.17. The minimum Gasteiger partial charge on any atom is -0.465 e. The molecule has 0 spiro atoms. The monoisotopic (exact) mass is 228 g/mol. The molecular weight excluding hydrogens is 214 g/mol. The average molecular weight is 228 g/mol. The summed E-state index contributed by atoms with van der Waals surface area (Å²) in [6, 6.07) is 0. The van der Waals surface area contributed by atoms with E-state index in [9.17, 15) is 13.9 Å². The van der Waals surface area contributed by atoms with Gasteiger partial charge in [0.05, 0.1) is 6.61 Å². The standard InChI is InChI=1S/C7H14FO5P/c1-2-3-4-5-12-7(9)6-14(10,11)13-8/h2-6H2,1H3,(H,10,11). The van der Waals surface area contributed by atoms with Gasteiger partial charge in [0.2, 0.25) is 0 Å². The van der Waals surface area contributed by atoms with Gasteiger partial charge < -0.3 is 9.63 Å². The lowest BCUT2D eigenvalue weighted by Gasteiger charge is -2.05. The number of halogens is 1. The SMILES string of the molecule is CCCCCOC(=O)CP(=O)(O)OF. The lowest BCUT2D eigenvalue weighted by Crippen LogP contribution is -2.11. The van der Waals surface area contributed by atoms with E-state index in [1.54, 1.807) is 0 Å². The zero-order chi connectivity index (χ0) is 11.0. The maximum absolute atomic E-state index is 11.4. The first-order valence-electron chi connectivity index (χ1n) is 4.29. The Morgan fingerprint density at radius 2 is 2.14 bits per heavy atom. The van der Waals surface area contributed by atoms with Gasteiger partial charge in [0.15, 0.2) is 0 Å². The van der Waals surface area contributed by atoms with E-state index in [-0.39, 0.29) is 6.61 Å². The van der Waals surface area contributed by atoms with E-state index in [0.29, 0.717) is 6.42 Å². The molecule has 0 rings (SSSR count). The number of rotatable bonds is 7. The highest BCUT2D eigenvalue weighted by atomic mass is 31.2. The molecule has 0 aromatic rings. The van der Waals surface area contributed by atoms with Crippen LogP contribution < -0.4 is 0 Å². The van der Waals surface area contributed by atoms with Crippen LogP contribution in [0.3, 0.4) is 0 Å². The van der Waals surface area contributed by atoms with Gasteiger partial charge in [0.1, 0.15) is 6.16 Å². The number of esters is 1. The maximum atomic E-state index is 11.4. The fourth-order valence-electron chi connectivity index (χ4n) is 0.771. The van der Waals surface area contributed by atoms with Crippen molar-refractivity contribution in [3.63, 3.8) is 0 Å². The van der Waals surface area contributed by atoms with Crippen molar-refractivity contribution in [2.45, 2.75) is 26.2 Å². The van der Waals surface area contributed by atoms with E-state index in [1.807, 2.05) is 6.92 Å². The van der Waals surface area contributed by atoms with E-state index >= 15 is 0 Å². The number of hydrogen-bond acceptors (Lipinski definition) is 4. The van der Waals surface area contributed by atoms with Crippen molar-refractivity contribution >= 4 is 13.6 Å². The molecule has 0 amide bonds. The Morgan fingerprint density at radius 3 is 2.64 bits per heavy atom. The number of unbranched alkanes of at least 4 members (excludes halogenated alkanes) is 2. The van der Waals surface area contributed by atoms with Crippen LogP contribution in [0.1, 0.15) is 26.2 Å². The van der Waals surface area contributed by atoms with E-state index in [0.717, 1.165) is 12.8 Å².